The summed E-state index contributed by atoms with van der Waals surface area (Å²) in [6, 6.07) is 0. The van der Waals surface area contributed by atoms with Crippen LogP contribution in [-0.2, 0) is 33.4 Å². The van der Waals surface area contributed by atoms with E-state index in [0.29, 0.717) is 19.3 Å². The van der Waals surface area contributed by atoms with Crippen LogP contribution >= 0.6 is 0 Å². The Morgan fingerprint density at radius 2 is 0.938 bits per heavy atom. The number of hydrogen-bond donors (Lipinski definition) is 0. The van der Waals surface area contributed by atoms with Crippen molar-refractivity contribution in [3.8, 4) is 0 Å². The van der Waals surface area contributed by atoms with Gasteiger partial charge in [-0.2, -0.15) is 0 Å². The van der Waals surface area contributed by atoms with Crippen molar-refractivity contribution in [2.45, 2.75) is 111 Å². The number of rotatable bonds is 20. The molecule has 0 amide bonds. The Hall–Kier alpha value is -1.92. The maximum Gasteiger partial charge on any atom is 0.320 e. The summed E-state index contributed by atoms with van der Waals surface area (Å²) in [5.74, 6) is -2.81. The highest BCUT2D eigenvalue weighted by Crippen LogP contribution is 2.32. The first-order valence-electron chi connectivity index (χ1n) is 12.3. The van der Waals surface area contributed by atoms with E-state index in [0.717, 1.165) is 51.4 Å². The lowest BCUT2D eigenvalue weighted by molar-refractivity contribution is -0.171. The molecular formula is C25H44O7. The summed E-state index contributed by atoms with van der Waals surface area (Å²) in [4.78, 5) is 50.4. The van der Waals surface area contributed by atoms with Gasteiger partial charge in [-0.05, 0) is 26.2 Å². The summed E-state index contributed by atoms with van der Waals surface area (Å²) in [6.45, 7) is 7.97. The van der Waals surface area contributed by atoms with E-state index in [9.17, 15) is 19.2 Å². The van der Waals surface area contributed by atoms with Crippen LogP contribution in [0.5, 0.6) is 0 Å². The van der Waals surface area contributed by atoms with Gasteiger partial charge in [-0.3, -0.25) is 19.2 Å². The van der Waals surface area contributed by atoms with Gasteiger partial charge < -0.3 is 14.2 Å². The highest BCUT2D eigenvalue weighted by Gasteiger charge is 2.49. The van der Waals surface area contributed by atoms with E-state index in [1.165, 1.54) is 6.92 Å². The van der Waals surface area contributed by atoms with E-state index in [2.05, 4.69) is 6.92 Å². The quantitative estimate of drug-likeness (QED) is 0.106. The zero-order valence-corrected chi connectivity index (χ0v) is 20.7. The van der Waals surface area contributed by atoms with Crippen molar-refractivity contribution in [1.29, 1.82) is 0 Å². The number of unbranched alkanes of at least 4 members (excludes halogenated alkanes) is 8. The first kappa shape index (κ1) is 30.1. The fourth-order valence-electron chi connectivity index (χ4n) is 3.28. The highest BCUT2D eigenvalue weighted by molar-refractivity contribution is 6.07. The van der Waals surface area contributed by atoms with Crippen molar-refractivity contribution < 1.29 is 33.4 Å². The predicted octanol–water partition coefficient (Wildman–Crippen LogP) is 5.32. The van der Waals surface area contributed by atoms with Gasteiger partial charge >= 0.3 is 17.9 Å². The molecule has 0 saturated heterocycles. The van der Waals surface area contributed by atoms with Gasteiger partial charge in [0, 0.05) is 0 Å². The molecule has 0 heterocycles. The molecule has 0 rings (SSSR count). The molecule has 0 bridgehead atoms. The average Bonchev–Trinajstić information content (AvgIpc) is 2.75. The molecule has 0 atom stereocenters. The number of hydrogen-bond acceptors (Lipinski definition) is 7. The summed E-state index contributed by atoms with van der Waals surface area (Å²) in [6.07, 6.45) is 8.98. The molecule has 7 heteroatoms. The molecule has 0 radical (unpaired) electrons. The minimum atomic E-state index is -1.91. The number of carbonyl (C=O) groups excluding carboxylic acids is 4. The lowest BCUT2D eigenvalue weighted by Gasteiger charge is -2.27. The smallest absolute Gasteiger partial charge is 0.320 e. The Bertz CT molecular complexity index is 530. The molecule has 0 aromatic heterocycles. The molecule has 7 nitrogen and oxygen atoms in total. The van der Waals surface area contributed by atoms with E-state index in [1.807, 2.05) is 13.8 Å². The van der Waals surface area contributed by atoms with Crippen molar-refractivity contribution in [3.63, 3.8) is 0 Å². The average molecular weight is 457 g/mol. The molecule has 0 N–H and O–H groups in total. The van der Waals surface area contributed by atoms with Gasteiger partial charge in [-0.1, -0.05) is 72.1 Å². The van der Waals surface area contributed by atoms with Crippen LogP contribution in [0.4, 0.5) is 0 Å². The van der Waals surface area contributed by atoms with Gasteiger partial charge in [0.05, 0.1) is 32.7 Å². The van der Waals surface area contributed by atoms with E-state index < -0.39 is 41.9 Å². The first-order chi connectivity index (χ1) is 15.3. The molecule has 0 aliphatic rings. The van der Waals surface area contributed by atoms with E-state index in [-0.39, 0.29) is 19.8 Å². The van der Waals surface area contributed by atoms with E-state index in [1.54, 1.807) is 0 Å². The van der Waals surface area contributed by atoms with Crippen LogP contribution in [0.3, 0.4) is 0 Å². The van der Waals surface area contributed by atoms with Gasteiger partial charge in [-0.15, -0.1) is 0 Å². The molecular weight excluding hydrogens is 412 g/mol. The van der Waals surface area contributed by atoms with Crippen LogP contribution in [0.15, 0.2) is 0 Å². The maximum atomic E-state index is 13.0. The Labute approximate surface area is 193 Å². The molecule has 0 spiro atoms. The molecule has 0 aliphatic heterocycles. The summed E-state index contributed by atoms with van der Waals surface area (Å²) in [5.41, 5.74) is -1.91. The van der Waals surface area contributed by atoms with Crippen LogP contribution in [-0.4, -0.2) is 43.5 Å². The second kappa shape index (κ2) is 18.6. The molecule has 32 heavy (non-hydrogen) atoms. The fraction of sp³-hybridized carbons (Fsp3) is 0.840. The number of carbonyl (C=O) groups is 4. The molecule has 0 unspecified atom stereocenters. The predicted molar refractivity (Wildman–Crippen MR) is 123 cm³/mol. The summed E-state index contributed by atoms with van der Waals surface area (Å²) in [5, 5.41) is 0. The fourth-order valence-corrected chi connectivity index (χ4v) is 3.28. The third kappa shape index (κ3) is 12.8. The lowest BCUT2D eigenvalue weighted by atomic mass is 9.77. The largest absolute Gasteiger partial charge is 0.466 e. The first-order valence-corrected chi connectivity index (χ1v) is 12.3. The number of esters is 3. The maximum absolute atomic E-state index is 13.0. The molecule has 0 aliphatic carbocycles. The molecule has 0 fully saturated rings. The molecule has 0 saturated carbocycles. The SMILES string of the molecule is CCCCCCCOC(=O)C(CC(=O)OCCCCC)(CC(=O)OCCCCC)C(C)=O. The standard InChI is InChI=1S/C25H44O7/c1-5-8-11-12-15-18-32-24(29)25(21(4)26,19-22(27)30-16-13-9-6-2)20-23(28)31-17-14-10-7-3/h5-20H2,1-4H3. The van der Waals surface area contributed by atoms with Crippen LogP contribution in [0.2, 0.25) is 0 Å². The van der Waals surface area contributed by atoms with Gasteiger partial charge in [-0.25, -0.2) is 0 Å². The topological polar surface area (TPSA) is 96.0 Å². The molecule has 0 aromatic carbocycles. The van der Waals surface area contributed by atoms with E-state index >= 15 is 0 Å². The second-order valence-corrected chi connectivity index (χ2v) is 8.40. The Morgan fingerprint density at radius 3 is 1.38 bits per heavy atom. The van der Waals surface area contributed by atoms with E-state index in [4.69, 9.17) is 14.2 Å². The van der Waals surface area contributed by atoms with Crippen molar-refractivity contribution in [3.05, 3.63) is 0 Å². The Balaban J connectivity index is 5.18. The zero-order chi connectivity index (χ0) is 24.2. The second-order valence-electron chi connectivity index (χ2n) is 8.40. The van der Waals surface area contributed by atoms with Crippen molar-refractivity contribution in [2.75, 3.05) is 19.8 Å². The zero-order valence-electron chi connectivity index (χ0n) is 20.7. The minimum Gasteiger partial charge on any atom is -0.466 e. The van der Waals surface area contributed by atoms with Crippen LogP contribution < -0.4 is 0 Å². The number of ether oxygens (including phenoxy) is 3. The number of ketones is 1. The normalized spacial score (nSPS) is 11.1. The lowest BCUT2D eigenvalue weighted by Crippen LogP contribution is -2.44. The van der Waals surface area contributed by atoms with Gasteiger partial charge in [0.15, 0.2) is 0 Å². The van der Waals surface area contributed by atoms with Gasteiger partial charge in [0.2, 0.25) is 0 Å². The summed E-state index contributed by atoms with van der Waals surface area (Å²) < 4.78 is 15.8. The minimum absolute atomic E-state index is 0.147. The van der Waals surface area contributed by atoms with Crippen LogP contribution in [0.25, 0.3) is 0 Å². The third-order valence-electron chi connectivity index (χ3n) is 5.46. The van der Waals surface area contributed by atoms with Crippen molar-refractivity contribution in [2.24, 2.45) is 5.41 Å². The van der Waals surface area contributed by atoms with Crippen molar-refractivity contribution in [1.82, 2.24) is 0 Å². The van der Waals surface area contributed by atoms with Gasteiger partial charge in [0.25, 0.3) is 0 Å². The number of Topliss-reactive ketones (excluding diaryl/α,β-unsaturated/α-hetero) is 1. The molecule has 186 valence electrons. The van der Waals surface area contributed by atoms with Crippen LogP contribution in [0.1, 0.15) is 111 Å². The van der Waals surface area contributed by atoms with Gasteiger partial charge in [0.1, 0.15) is 11.2 Å². The Morgan fingerprint density at radius 1 is 0.562 bits per heavy atom. The summed E-state index contributed by atoms with van der Waals surface area (Å²) in [7, 11) is 0. The Kier molecular flexibility index (Phi) is 17.5. The summed E-state index contributed by atoms with van der Waals surface area (Å²) >= 11 is 0. The molecule has 0 aromatic rings. The highest BCUT2D eigenvalue weighted by atomic mass is 16.5. The third-order valence-corrected chi connectivity index (χ3v) is 5.46. The monoisotopic (exact) mass is 456 g/mol. The van der Waals surface area contributed by atoms with Crippen LogP contribution in [0, 0.1) is 5.41 Å². The van der Waals surface area contributed by atoms with Crippen molar-refractivity contribution >= 4 is 23.7 Å².